The Labute approximate surface area is 118 Å². The predicted octanol–water partition coefficient (Wildman–Crippen LogP) is 2.18. The van der Waals surface area contributed by atoms with Crippen molar-refractivity contribution in [1.82, 2.24) is 15.2 Å². The van der Waals surface area contributed by atoms with Crippen LogP contribution in [0.2, 0.25) is 0 Å². The van der Waals surface area contributed by atoms with E-state index in [1.807, 2.05) is 20.0 Å². The number of aromatic nitrogens is 1. The fraction of sp³-hybridized carbons (Fsp3) is 0.692. The van der Waals surface area contributed by atoms with Gasteiger partial charge in [-0.15, -0.1) is 11.3 Å². The molecule has 0 aliphatic carbocycles. The molecule has 0 bridgehead atoms. The summed E-state index contributed by atoms with van der Waals surface area (Å²) in [7, 11) is 0. The van der Waals surface area contributed by atoms with E-state index in [4.69, 9.17) is 5.11 Å². The summed E-state index contributed by atoms with van der Waals surface area (Å²) in [6, 6.07) is -0.243. The second-order valence-corrected chi connectivity index (χ2v) is 5.55. The molecular weight excluding hydrogens is 262 g/mol. The highest BCUT2D eigenvalue weighted by atomic mass is 32.1. The lowest BCUT2D eigenvalue weighted by Crippen LogP contribution is -2.42. The molecule has 1 unspecified atom stereocenters. The second-order valence-electron chi connectivity index (χ2n) is 4.40. The van der Waals surface area contributed by atoms with Gasteiger partial charge in [0.1, 0.15) is 5.01 Å². The lowest BCUT2D eigenvalue weighted by atomic mass is 10.3. The van der Waals surface area contributed by atoms with Gasteiger partial charge in [-0.1, -0.05) is 13.8 Å². The number of hydrogen-bond acceptors (Lipinski definition) is 4. The molecule has 19 heavy (non-hydrogen) atoms. The monoisotopic (exact) mass is 285 g/mol. The largest absolute Gasteiger partial charge is 0.395 e. The van der Waals surface area contributed by atoms with Crippen LogP contribution in [0, 0.1) is 0 Å². The third-order valence-corrected chi connectivity index (χ3v) is 4.11. The second kappa shape index (κ2) is 8.12. The van der Waals surface area contributed by atoms with E-state index in [-0.39, 0.29) is 18.7 Å². The van der Waals surface area contributed by atoms with Crippen molar-refractivity contribution in [1.29, 1.82) is 0 Å². The number of aliphatic hydroxyl groups excluding tert-OH is 1. The van der Waals surface area contributed by atoms with Gasteiger partial charge in [0, 0.05) is 24.2 Å². The molecule has 108 valence electrons. The molecule has 0 saturated carbocycles. The fourth-order valence-corrected chi connectivity index (χ4v) is 2.59. The van der Waals surface area contributed by atoms with E-state index in [0.717, 1.165) is 17.8 Å². The normalized spacial score (nSPS) is 12.2. The summed E-state index contributed by atoms with van der Waals surface area (Å²) < 4.78 is 0. The zero-order valence-corrected chi connectivity index (χ0v) is 12.7. The first-order valence-electron chi connectivity index (χ1n) is 6.73. The average Bonchev–Trinajstić information content (AvgIpc) is 2.87. The van der Waals surface area contributed by atoms with Gasteiger partial charge in [0.25, 0.3) is 0 Å². The van der Waals surface area contributed by atoms with Gasteiger partial charge >= 0.3 is 6.03 Å². The molecule has 0 spiro atoms. The summed E-state index contributed by atoms with van der Waals surface area (Å²) in [6.07, 6.45) is 3.70. The highest BCUT2D eigenvalue weighted by Crippen LogP contribution is 2.20. The number of nitrogens with one attached hydrogen (secondary N) is 1. The molecule has 6 heteroatoms. The van der Waals surface area contributed by atoms with Crippen molar-refractivity contribution in [3.63, 3.8) is 0 Å². The van der Waals surface area contributed by atoms with Crippen LogP contribution in [-0.2, 0) is 6.42 Å². The summed E-state index contributed by atoms with van der Waals surface area (Å²) in [5, 5.41) is 12.8. The van der Waals surface area contributed by atoms with Gasteiger partial charge in [0.2, 0.25) is 0 Å². The van der Waals surface area contributed by atoms with Crippen LogP contribution >= 0.6 is 11.3 Å². The van der Waals surface area contributed by atoms with E-state index in [0.29, 0.717) is 13.1 Å². The number of aliphatic hydroxyl groups is 1. The standard InChI is InChI=1S/C13H23N3O2S/c1-4-6-16(7-8-17)13(18)15-10(3)12-14-9-11(5-2)19-12/h9-10,17H,4-8H2,1-3H3,(H,15,18). The Morgan fingerprint density at radius 2 is 2.26 bits per heavy atom. The van der Waals surface area contributed by atoms with Crippen LogP contribution in [0.5, 0.6) is 0 Å². The molecule has 5 nitrogen and oxygen atoms in total. The van der Waals surface area contributed by atoms with Crippen LogP contribution < -0.4 is 5.32 Å². The quantitative estimate of drug-likeness (QED) is 0.807. The first-order chi connectivity index (χ1) is 9.12. The van der Waals surface area contributed by atoms with E-state index >= 15 is 0 Å². The average molecular weight is 285 g/mol. The van der Waals surface area contributed by atoms with Crippen molar-refractivity contribution in [3.8, 4) is 0 Å². The van der Waals surface area contributed by atoms with Gasteiger partial charge in [0.05, 0.1) is 12.6 Å². The Kier molecular flexibility index (Phi) is 6.80. The van der Waals surface area contributed by atoms with Crippen LogP contribution in [0.1, 0.15) is 43.1 Å². The van der Waals surface area contributed by atoms with Crippen molar-refractivity contribution < 1.29 is 9.90 Å². The predicted molar refractivity (Wildman–Crippen MR) is 77.4 cm³/mol. The van der Waals surface area contributed by atoms with Gasteiger partial charge < -0.3 is 15.3 Å². The zero-order chi connectivity index (χ0) is 14.3. The van der Waals surface area contributed by atoms with E-state index in [1.165, 1.54) is 4.88 Å². The molecule has 0 aliphatic heterocycles. The minimum atomic E-state index is -0.142. The summed E-state index contributed by atoms with van der Waals surface area (Å²) in [6.45, 7) is 7.03. The van der Waals surface area contributed by atoms with Crippen LogP contribution in [0.15, 0.2) is 6.20 Å². The first kappa shape index (κ1) is 15.9. The summed E-state index contributed by atoms with van der Waals surface area (Å²) >= 11 is 1.63. The zero-order valence-electron chi connectivity index (χ0n) is 11.8. The van der Waals surface area contributed by atoms with E-state index in [9.17, 15) is 4.79 Å². The minimum Gasteiger partial charge on any atom is -0.395 e. The van der Waals surface area contributed by atoms with Crippen molar-refractivity contribution in [2.75, 3.05) is 19.7 Å². The molecule has 0 aromatic carbocycles. The number of carbonyl (C=O) groups excluding carboxylic acids is 1. The molecule has 1 rings (SSSR count). The van der Waals surface area contributed by atoms with Gasteiger partial charge in [-0.05, 0) is 19.8 Å². The molecule has 1 aromatic heterocycles. The SMILES string of the molecule is CCCN(CCO)C(=O)NC(C)c1ncc(CC)s1. The number of carbonyl (C=O) groups is 1. The Morgan fingerprint density at radius 3 is 2.79 bits per heavy atom. The molecule has 2 N–H and O–H groups in total. The van der Waals surface area contributed by atoms with Crippen molar-refractivity contribution in [3.05, 3.63) is 16.1 Å². The smallest absolute Gasteiger partial charge is 0.318 e. The molecule has 2 amide bonds. The molecule has 0 aliphatic rings. The Morgan fingerprint density at radius 1 is 1.53 bits per heavy atom. The topological polar surface area (TPSA) is 65.5 Å². The molecule has 0 fully saturated rings. The van der Waals surface area contributed by atoms with E-state index in [2.05, 4.69) is 17.2 Å². The van der Waals surface area contributed by atoms with Gasteiger partial charge in [0.15, 0.2) is 0 Å². The van der Waals surface area contributed by atoms with Crippen LogP contribution in [0.4, 0.5) is 4.79 Å². The number of nitrogens with zero attached hydrogens (tertiary/aromatic N) is 2. The molecular formula is C13H23N3O2S. The van der Waals surface area contributed by atoms with Crippen molar-refractivity contribution >= 4 is 17.4 Å². The summed E-state index contributed by atoms with van der Waals surface area (Å²) in [4.78, 5) is 19.2. The number of urea groups is 1. The number of thiazole rings is 1. The van der Waals surface area contributed by atoms with Gasteiger partial charge in [-0.2, -0.15) is 0 Å². The third kappa shape index (κ3) is 4.80. The third-order valence-electron chi connectivity index (χ3n) is 2.78. The Hall–Kier alpha value is -1.14. The van der Waals surface area contributed by atoms with Crippen molar-refractivity contribution in [2.24, 2.45) is 0 Å². The molecule has 1 aromatic rings. The molecule has 1 heterocycles. The Bertz CT molecular complexity index is 389. The number of aryl methyl sites for hydroxylation is 1. The maximum absolute atomic E-state index is 12.1. The molecule has 0 saturated heterocycles. The van der Waals surface area contributed by atoms with Crippen LogP contribution in [0.25, 0.3) is 0 Å². The number of amides is 2. The fourth-order valence-electron chi connectivity index (χ4n) is 1.73. The van der Waals surface area contributed by atoms with Crippen molar-refractivity contribution in [2.45, 2.75) is 39.7 Å². The van der Waals surface area contributed by atoms with E-state index < -0.39 is 0 Å². The lowest BCUT2D eigenvalue weighted by Gasteiger charge is -2.23. The first-order valence-corrected chi connectivity index (χ1v) is 7.54. The molecule has 0 radical (unpaired) electrons. The van der Waals surface area contributed by atoms with Crippen LogP contribution in [-0.4, -0.2) is 40.7 Å². The van der Waals surface area contributed by atoms with Gasteiger partial charge in [-0.25, -0.2) is 9.78 Å². The highest BCUT2D eigenvalue weighted by Gasteiger charge is 2.17. The van der Waals surface area contributed by atoms with Gasteiger partial charge in [-0.3, -0.25) is 0 Å². The van der Waals surface area contributed by atoms with Crippen LogP contribution in [0.3, 0.4) is 0 Å². The maximum Gasteiger partial charge on any atom is 0.318 e. The maximum atomic E-state index is 12.1. The minimum absolute atomic E-state index is 0.0148. The lowest BCUT2D eigenvalue weighted by molar-refractivity contribution is 0.174. The Balaban J connectivity index is 2.58. The number of hydrogen-bond donors (Lipinski definition) is 2. The summed E-state index contributed by atoms with van der Waals surface area (Å²) in [5.74, 6) is 0. The summed E-state index contributed by atoms with van der Waals surface area (Å²) in [5.41, 5.74) is 0. The number of rotatable bonds is 7. The highest BCUT2D eigenvalue weighted by molar-refractivity contribution is 7.11. The molecule has 1 atom stereocenters. The van der Waals surface area contributed by atoms with E-state index in [1.54, 1.807) is 16.2 Å².